The van der Waals surface area contributed by atoms with E-state index in [0.717, 1.165) is 22.9 Å². The van der Waals surface area contributed by atoms with Gasteiger partial charge < -0.3 is 9.47 Å². The van der Waals surface area contributed by atoms with Crippen LogP contribution in [0, 0.1) is 0 Å². The lowest BCUT2D eigenvalue weighted by molar-refractivity contribution is 0.111. The molecule has 1 heterocycles. The van der Waals surface area contributed by atoms with E-state index in [4.69, 9.17) is 9.47 Å². The van der Waals surface area contributed by atoms with Gasteiger partial charge in [0.1, 0.15) is 24.2 Å². The summed E-state index contributed by atoms with van der Waals surface area (Å²) in [6, 6.07) is 13.4. The van der Waals surface area contributed by atoms with Gasteiger partial charge in [-0.1, -0.05) is 34.1 Å². The summed E-state index contributed by atoms with van der Waals surface area (Å²) >= 11 is 3.33. The Hall–Kier alpha value is -1.81. The number of hydrogen-bond acceptors (Lipinski definition) is 3. The van der Waals surface area contributed by atoms with Crippen molar-refractivity contribution in [3.05, 3.63) is 58.1 Å². The lowest BCUT2D eigenvalue weighted by Crippen LogP contribution is -2.22. The minimum atomic E-state index is -0.00412. The molecule has 0 N–H and O–H groups in total. The second kappa shape index (κ2) is 5.67. The molecule has 1 unspecified atom stereocenters. The van der Waals surface area contributed by atoms with Crippen LogP contribution in [0.3, 0.4) is 0 Å². The van der Waals surface area contributed by atoms with Crippen molar-refractivity contribution in [3.8, 4) is 11.5 Å². The second-order valence-corrected chi connectivity index (χ2v) is 5.58. The highest BCUT2D eigenvalue weighted by Gasteiger charge is 2.23. The number of hydrogen-bond donors (Lipinski definition) is 0. The molecule has 0 aromatic heterocycles. The van der Waals surface area contributed by atoms with E-state index in [1.807, 2.05) is 24.3 Å². The van der Waals surface area contributed by atoms with Gasteiger partial charge in [0.15, 0.2) is 6.29 Å². The van der Waals surface area contributed by atoms with E-state index in [1.165, 1.54) is 5.56 Å². The largest absolute Gasteiger partial charge is 0.489 e. The maximum Gasteiger partial charge on any atom is 0.153 e. The van der Waals surface area contributed by atoms with E-state index in [0.29, 0.717) is 17.9 Å². The van der Waals surface area contributed by atoms with Crippen molar-refractivity contribution in [1.29, 1.82) is 0 Å². The fourth-order valence-corrected chi connectivity index (χ4v) is 2.65. The molecule has 4 heteroatoms. The zero-order chi connectivity index (χ0) is 13.9. The summed E-state index contributed by atoms with van der Waals surface area (Å²) in [6.45, 7) is 0.428. The number of para-hydroxylation sites is 1. The Kier molecular flexibility index (Phi) is 3.74. The van der Waals surface area contributed by atoms with Crippen LogP contribution >= 0.6 is 15.9 Å². The van der Waals surface area contributed by atoms with Crippen molar-refractivity contribution in [2.75, 3.05) is 6.61 Å². The first-order chi connectivity index (χ1) is 9.76. The zero-order valence-electron chi connectivity index (χ0n) is 10.7. The summed E-state index contributed by atoms with van der Waals surface area (Å²) in [5.74, 6) is 1.51. The summed E-state index contributed by atoms with van der Waals surface area (Å²) in [4.78, 5) is 11.0. The molecule has 0 aliphatic carbocycles. The van der Waals surface area contributed by atoms with Gasteiger partial charge in [0.05, 0.1) is 5.56 Å². The van der Waals surface area contributed by atoms with Crippen LogP contribution in [0.5, 0.6) is 11.5 Å². The summed E-state index contributed by atoms with van der Waals surface area (Å²) in [6.07, 6.45) is 1.63. The molecule has 0 fully saturated rings. The number of carbonyl (C=O) groups is 1. The number of ether oxygens (including phenoxy) is 2. The Morgan fingerprint density at radius 3 is 2.95 bits per heavy atom. The van der Waals surface area contributed by atoms with Gasteiger partial charge in [0.2, 0.25) is 0 Å². The van der Waals surface area contributed by atoms with Crippen molar-refractivity contribution in [1.82, 2.24) is 0 Å². The maximum atomic E-state index is 11.0. The molecule has 102 valence electrons. The Morgan fingerprint density at radius 2 is 2.15 bits per heavy atom. The van der Waals surface area contributed by atoms with E-state index in [-0.39, 0.29) is 6.10 Å². The molecular formula is C16H13BrO3. The van der Waals surface area contributed by atoms with Crippen LogP contribution in [0.1, 0.15) is 15.9 Å². The van der Waals surface area contributed by atoms with Crippen molar-refractivity contribution < 1.29 is 14.3 Å². The van der Waals surface area contributed by atoms with Crippen LogP contribution in [-0.4, -0.2) is 19.0 Å². The monoisotopic (exact) mass is 332 g/mol. The number of benzene rings is 2. The third-order valence-corrected chi connectivity index (χ3v) is 3.73. The van der Waals surface area contributed by atoms with Crippen LogP contribution in [0.2, 0.25) is 0 Å². The quantitative estimate of drug-likeness (QED) is 0.802. The van der Waals surface area contributed by atoms with Gasteiger partial charge >= 0.3 is 0 Å². The molecule has 2 aromatic rings. The zero-order valence-corrected chi connectivity index (χ0v) is 12.3. The Balaban J connectivity index is 1.66. The minimum Gasteiger partial charge on any atom is -0.489 e. The smallest absolute Gasteiger partial charge is 0.153 e. The van der Waals surface area contributed by atoms with Crippen molar-refractivity contribution >= 4 is 22.2 Å². The van der Waals surface area contributed by atoms with Crippen molar-refractivity contribution in [2.24, 2.45) is 0 Å². The fourth-order valence-electron chi connectivity index (χ4n) is 2.27. The van der Waals surface area contributed by atoms with Crippen LogP contribution < -0.4 is 9.47 Å². The highest BCUT2D eigenvalue weighted by Crippen LogP contribution is 2.29. The first-order valence-electron chi connectivity index (χ1n) is 6.38. The van der Waals surface area contributed by atoms with Gasteiger partial charge in [-0.15, -0.1) is 0 Å². The van der Waals surface area contributed by atoms with Gasteiger partial charge in [-0.05, 0) is 29.8 Å². The molecule has 1 aliphatic heterocycles. The summed E-state index contributed by atoms with van der Waals surface area (Å²) in [5, 5.41) is 0. The molecular weight excluding hydrogens is 320 g/mol. The van der Waals surface area contributed by atoms with E-state index in [1.54, 1.807) is 12.1 Å². The van der Waals surface area contributed by atoms with E-state index < -0.39 is 0 Å². The normalized spacial score (nSPS) is 16.4. The van der Waals surface area contributed by atoms with E-state index in [9.17, 15) is 4.79 Å². The number of halogens is 1. The topological polar surface area (TPSA) is 35.5 Å². The Bertz CT molecular complexity index is 614. The molecule has 20 heavy (non-hydrogen) atoms. The summed E-state index contributed by atoms with van der Waals surface area (Å²) in [7, 11) is 0. The number of aldehydes is 1. The average molecular weight is 333 g/mol. The molecule has 0 spiro atoms. The van der Waals surface area contributed by atoms with Crippen LogP contribution in [0.4, 0.5) is 0 Å². The molecule has 0 bridgehead atoms. The predicted molar refractivity (Wildman–Crippen MR) is 79.6 cm³/mol. The molecule has 3 rings (SSSR count). The van der Waals surface area contributed by atoms with Gasteiger partial charge in [-0.3, -0.25) is 4.79 Å². The highest BCUT2D eigenvalue weighted by molar-refractivity contribution is 9.10. The minimum absolute atomic E-state index is 0.00412. The first-order valence-corrected chi connectivity index (χ1v) is 7.17. The third-order valence-electron chi connectivity index (χ3n) is 3.24. The first kappa shape index (κ1) is 13.2. The van der Waals surface area contributed by atoms with Crippen molar-refractivity contribution in [3.63, 3.8) is 0 Å². The van der Waals surface area contributed by atoms with Gasteiger partial charge in [-0.25, -0.2) is 0 Å². The second-order valence-electron chi connectivity index (χ2n) is 4.66. The summed E-state index contributed by atoms with van der Waals surface area (Å²) < 4.78 is 12.4. The Morgan fingerprint density at radius 1 is 1.30 bits per heavy atom. The van der Waals surface area contributed by atoms with Crippen LogP contribution in [-0.2, 0) is 6.42 Å². The molecule has 0 amide bonds. The Labute approximate surface area is 125 Å². The molecule has 2 aromatic carbocycles. The number of rotatable bonds is 4. The highest BCUT2D eigenvalue weighted by atomic mass is 79.9. The number of fused-ring (bicyclic) bond motifs is 1. The number of carbonyl (C=O) groups excluding carboxylic acids is 1. The molecule has 0 radical (unpaired) electrons. The standard InChI is InChI=1S/C16H13BrO3/c17-13-5-6-15(12(7-13)9-18)19-10-14-8-11-3-1-2-4-16(11)20-14/h1-7,9,14H,8,10H2. The molecule has 3 nitrogen and oxygen atoms in total. The fraction of sp³-hybridized carbons (Fsp3) is 0.188. The molecule has 0 saturated carbocycles. The molecule has 0 saturated heterocycles. The van der Waals surface area contributed by atoms with E-state index in [2.05, 4.69) is 22.0 Å². The SMILES string of the molecule is O=Cc1cc(Br)ccc1OCC1Cc2ccccc2O1. The van der Waals surface area contributed by atoms with Gasteiger partial charge in [-0.2, -0.15) is 0 Å². The van der Waals surface area contributed by atoms with E-state index >= 15 is 0 Å². The third kappa shape index (κ3) is 2.70. The average Bonchev–Trinajstić information content (AvgIpc) is 2.88. The van der Waals surface area contributed by atoms with Crippen molar-refractivity contribution in [2.45, 2.75) is 12.5 Å². The maximum absolute atomic E-state index is 11.0. The lowest BCUT2D eigenvalue weighted by atomic mass is 10.1. The molecule has 1 aliphatic rings. The van der Waals surface area contributed by atoms with Crippen LogP contribution in [0.15, 0.2) is 46.9 Å². The predicted octanol–water partition coefficient (Wildman–Crippen LogP) is 3.64. The lowest BCUT2D eigenvalue weighted by Gasteiger charge is -2.13. The molecule has 1 atom stereocenters. The van der Waals surface area contributed by atoms with Gasteiger partial charge in [0.25, 0.3) is 0 Å². The van der Waals surface area contributed by atoms with Crippen LogP contribution in [0.25, 0.3) is 0 Å². The van der Waals surface area contributed by atoms with Gasteiger partial charge in [0, 0.05) is 10.9 Å². The summed E-state index contributed by atoms with van der Waals surface area (Å²) in [5.41, 5.74) is 1.74.